The van der Waals surface area contributed by atoms with Crippen LogP contribution in [-0.4, -0.2) is 6.04 Å². The maximum Gasteiger partial charge on any atom is 0.0408 e. The van der Waals surface area contributed by atoms with Gasteiger partial charge in [0.05, 0.1) is 0 Å². The molecule has 2 aliphatic rings. The second-order valence-electron chi connectivity index (χ2n) is 6.47. The molecule has 0 saturated heterocycles. The summed E-state index contributed by atoms with van der Waals surface area (Å²) in [6, 6.07) is 7.64. The molecule has 1 saturated carbocycles. The van der Waals surface area contributed by atoms with Crippen LogP contribution in [0.5, 0.6) is 0 Å². The van der Waals surface area contributed by atoms with Gasteiger partial charge in [-0.2, -0.15) is 0 Å². The minimum Gasteiger partial charge on any atom is -0.307 e. The van der Waals surface area contributed by atoms with Crippen LogP contribution in [0.3, 0.4) is 0 Å². The van der Waals surface area contributed by atoms with Crippen LogP contribution in [0.1, 0.15) is 56.7 Å². The van der Waals surface area contributed by atoms with Gasteiger partial charge in [0.2, 0.25) is 0 Å². The molecule has 0 aromatic heterocycles. The van der Waals surface area contributed by atoms with Crippen LogP contribution in [0, 0.1) is 11.8 Å². The molecule has 1 aromatic carbocycles. The molecule has 1 nitrogen and oxygen atoms in total. The van der Waals surface area contributed by atoms with Gasteiger partial charge in [-0.3, -0.25) is 0 Å². The molecular weight excluding hydrogens is 254 g/mol. The molecule has 0 heterocycles. The Balaban J connectivity index is 1.72. The van der Waals surface area contributed by atoms with E-state index >= 15 is 0 Å². The maximum atomic E-state index is 6.08. The molecule has 0 amide bonds. The molecule has 1 N–H and O–H groups in total. The zero-order chi connectivity index (χ0) is 13.4. The van der Waals surface area contributed by atoms with E-state index < -0.39 is 0 Å². The summed E-state index contributed by atoms with van der Waals surface area (Å²) in [4.78, 5) is 0. The molecule has 19 heavy (non-hydrogen) atoms. The minimum absolute atomic E-state index is 0.546. The van der Waals surface area contributed by atoms with Crippen molar-refractivity contribution in [1.29, 1.82) is 0 Å². The third kappa shape index (κ3) is 2.68. The molecule has 0 radical (unpaired) electrons. The molecule has 2 aliphatic carbocycles. The predicted molar refractivity (Wildman–Crippen MR) is 81.6 cm³/mol. The van der Waals surface area contributed by atoms with Crippen molar-refractivity contribution in [2.24, 2.45) is 11.8 Å². The van der Waals surface area contributed by atoms with E-state index in [4.69, 9.17) is 11.6 Å². The number of aryl methyl sites for hydroxylation is 1. The van der Waals surface area contributed by atoms with Gasteiger partial charge in [-0.15, -0.1) is 0 Å². The highest BCUT2D eigenvalue weighted by molar-refractivity contribution is 6.30. The van der Waals surface area contributed by atoms with Crippen LogP contribution in [0.25, 0.3) is 0 Å². The van der Waals surface area contributed by atoms with E-state index in [1.807, 2.05) is 6.07 Å². The first-order valence-corrected chi connectivity index (χ1v) is 8.07. The van der Waals surface area contributed by atoms with Crippen LogP contribution < -0.4 is 5.32 Å². The highest BCUT2D eigenvalue weighted by Gasteiger charge is 2.31. The molecule has 1 fully saturated rings. The average molecular weight is 278 g/mol. The van der Waals surface area contributed by atoms with E-state index in [1.165, 1.54) is 43.2 Å². The number of fused-ring (bicyclic) bond motifs is 1. The number of hydrogen-bond acceptors (Lipinski definition) is 1. The van der Waals surface area contributed by atoms with Gasteiger partial charge in [0, 0.05) is 17.1 Å². The first-order valence-electron chi connectivity index (χ1n) is 7.69. The maximum absolute atomic E-state index is 6.08. The Morgan fingerprint density at radius 3 is 2.84 bits per heavy atom. The summed E-state index contributed by atoms with van der Waals surface area (Å²) in [7, 11) is 0. The lowest BCUT2D eigenvalue weighted by Crippen LogP contribution is -2.41. The van der Waals surface area contributed by atoms with Crippen molar-refractivity contribution in [2.45, 2.75) is 58.0 Å². The molecule has 1 aromatic rings. The van der Waals surface area contributed by atoms with Gasteiger partial charge in [-0.05, 0) is 54.4 Å². The molecule has 3 rings (SSSR count). The molecule has 104 valence electrons. The van der Waals surface area contributed by atoms with E-state index in [0.29, 0.717) is 12.1 Å². The highest BCUT2D eigenvalue weighted by Crippen LogP contribution is 2.36. The Morgan fingerprint density at radius 1 is 1.16 bits per heavy atom. The zero-order valence-corrected chi connectivity index (χ0v) is 12.7. The summed E-state index contributed by atoms with van der Waals surface area (Å²) in [6.45, 7) is 4.82. The van der Waals surface area contributed by atoms with E-state index in [9.17, 15) is 0 Å². The molecule has 0 spiro atoms. The van der Waals surface area contributed by atoms with Crippen LogP contribution in [0.4, 0.5) is 0 Å². The van der Waals surface area contributed by atoms with Crippen molar-refractivity contribution < 1.29 is 0 Å². The number of nitrogens with one attached hydrogen (secondary N) is 1. The number of hydrogen-bond donors (Lipinski definition) is 1. The molecule has 0 aliphatic heterocycles. The Bertz CT molecular complexity index is 457. The molecular formula is C17H24ClN. The number of halogens is 1. The summed E-state index contributed by atoms with van der Waals surface area (Å²) in [5.74, 6) is 1.66. The predicted octanol–water partition coefficient (Wildman–Crippen LogP) is 4.74. The topological polar surface area (TPSA) is 12.0 Å². The number of benzene rings is 1. The Labute approximate surface area is 121 Å². The lowest BCUT2D eigenvalue weighted by Gasteiger charge is -2.36. The SMILES string of the molecule is CC1CCCC(NC2CCc3cc(Cl)ccc32)C1C. The van der Waals surface area contributed by atoms with Crippen LogP contribution >= 0.6 is 11.6 Å². The quantitative estimate of drug-likeness (QED) is 0.823. The molecule has 4 unspecified atom stereocenters. The van der Waals surface area contributed by atoms with E-state index in [2.05, 4.69) is 31.3 Å². The lowest BCUT2D eigenvalue weighted by atomic mass is 9.77. The van der Waals surface area contributed by atoms with Crippen molar-refractivity contribution in [3.8, 4) is 0 Å². The second-order valence-corrected chi connectivity index (χ2v) is 6.91. The fourth-order valence-electron chi connectivity index (χ4n) is 3.83. The molecule has 4 atom stereocenters. The van der Waals surface area contributed by atoms with Crippen molar-refractivity contribution in [2.75, 3.05) is 0 Å². The van der Waals surface area contributed by atoms with Gasteiger partial charge in [0.15, 0.2) is 0 Å². The fraction of sp³-hybridized carbons (Fsp3) is 0.647. The smallest absolute Gasteiger partial charge is 0.0408 e. The van der Waals surface area contributed by atoms with E-state index in [1.54, 1.807) is 0 Å². The summed E-state index contributed by atoms with van der Waals surface area (Å²) < 4.78 is 0. The van der Waals surface area contributed by atoms with Gasteiger partial charge in [0.1, 0.15) is 0 Å². The van der Waals surface area contributed by atoms with E-state index in [-0.39, 0.29) is 0 Å². The second kappa shape index (κ2) is 5.46. The zero-order valence-electron chi connectivity index (χ0n) is 12.0. The standard InChI is InChI=1S/C17H24ClN/c1-11-4-3-5-16(12(11)2)19-17-9-6-13-10-14(18)7-8-15(13)17/h7-8,10-12,16-17,19H,3-6,9H2,1-2H3. The van der Waals surface area contributed by atoms with E-state index in [0.717, 1.165) is 16.9 Å². The third-order valence-corrected chi connectivity index (χ3v) is 5.54. The van der Waals surface area contributed by atoms with Crippen LogP contribution in [0.15, 0.2) is 18.2 Å². The first kappa shape index (κ1) is 13.5. The largest absolute Gasteiger partial charge is 0.307 e. The summed E-state index contributed by atoms with van der Waals surface area (Å²) >= 11 is 6.08. The van der Waals surface area contributed by atoms with Gasteiger partial charge in [-0.1, -0.05) is 44.4 Å². The normalized spacial score (nSPS) is 34.3. The Morgan fingerprint density at radius 2 is 2.00 bits per heavy atom. The average Bonchev–Trinajstić information content (AvgIpc) is 2.77. The molecule has 2 heteroatoms. The van der Waals surface area contributed by atoms with Crippen molar-refractivity contribution in [3.63, 3.8) is 0 Å². The fourth-order valence-corrected chi connectivity index (χ4v) is 4.03. The number of rotatable bonds is 2. The van der Waals surface area contributed by atoms with Crippen molar-refractivity contribution >= 4 is 11.6 Å². The van der Waals surface area contributed by atoms with Gasteiger partial charge < -0.3 is 5.32 Å². The summed E-state index contributed by atoms with van der Waals surface area (Å²) in [6.07, 6.45) is 6.52. The third-order valence-electron chi connectivity index (χ3n) is 5.30. The van der Waals surface area contributed by atoms with Crippen molar-refractivity contribution in [1.82, 2.24) is 5.32 Å². The lowest BCUT2D eigenvalue weighted by molar-refractivity contribution is 0.193. The highest BCUT2D eigenvalue weighted by atomic mass is 35.5. The van der Waals surface area contributed by atoms with Gasteiger partial charge in [-0.25, -0.2) is 0 Å². The van der Waals surface area contributed by atoms with Gasteiger partial charge >= 0.3 is 0 Å². The van der Waals surface area contributed by atoms with Crippen LogP contribution in [0.2, 0.25) is 5.02 Å². The molecule has 0 bridgehead atoms. The Hall–Kier alpha value is -0.530. The van der Waals surface area contributed by atoms with Gasteiger partial charge in [0.25, 0.3) is 0 Å². The monoisotopic (exact) mass is 277 g/mol. The van der Waals surface area contributed by atoms with Crippen LogP contribution in [-0.2, 0) is 6.42 Å². The summed E-state index contributed by atoms with van der Waals surface area (Å²) in [5, 5.41) is 4.80. The minimum atomic E-state index is 0.546. The Kier molecular flexibility index (Phi) is 3.86. The van der Waals surface area contributed by atoms with Crippen molar-refractivity contribution in [3.05, 3.63) is 34.3 Å². The first-order chi connectivity index (χ1) is 9.15. The summed E-state index contributed by atoms with van der Waals surface area (Å²) in [5.41, 5.74) is 2.93.